The molecule has 2 rings (SSSR count). The van der Waals surface area contributed by atoms with E-state index in [0.717, 1.165) is 0 Å². The lowest BCUT2D eigenvalue weighted by atomic mass is 9.60. The molecule has 1 aliphatic carbocycles. The molecule has 0 spiro atoms. The van der Waals surface area contributed by atoms with Gasteiger partial charge in [-0.15, -0.1) is 0 Å². The third-order valence-corrected chi connectivity index (χ3v) is 4.21. The number of cyclic esters (lactones) is 1. The molecule has 1 heterocycles. The molecule has 0 aromatic rings. The molecule has 0 amide bonds. The summed E-state index contributed by atoms with van der Waals surface area (Å²) in [5, 5.41) is 0. The van der Waals surface area contributed by atoms with E-state index < -0.39 is 0 Å². The minimum atomic E-state index is 0.0431. The predicted molar refractivity (Wildman–Crippen MR) is 50.1 cm³/mol. The molecule has 1 aliphatic heterocycles. The monoisotopic (exact) mass is 182 g/mol. The van der Waals surface area contributed by atoms with Gasteiger partial charge in [-0.25, -0.2) is 0 Å². The summed E-state index contributed by atoms with van der Waals surface area (Å²) in [4.78, 5) is 11.5. The molecule has 0 bridgehead atoms. The maximum absolute atomic E-state index is 11.5. The van der Waals surface area contributed by atoms with Gasteiger partial charge in [0.05, 0.1) is 12.5 Å². The predicted octanol–water partition coefficient (Wildman–Crippen LogP) is 2.23. The van der Waals surface area contributed by atoms with Crippen molar-refractivity contribution in [3.8, 4) is 0 Å². The Morgan fingerprint density at radius 3 is 2.77 bits per heavy atom. The Morgan fingerprint density at radius 1 is 1.38 bits per heavy atom. The number of hydrogen-bond acceptors (Lipinski definition) is 2. The van der Waals surface area contributed by atoms with E-state index >= 15 is 0 Å². The summed E-state index contributed by atoms with van der Waals surface area (Å²) in [6.07, 6.45) is 2.41. The van der Waals surface area contributed by atoms with E-state index in [1.54, 1.807) is 0 Å². The molecule has 0 radical (unpaired) electrons. The van der Waals surface area contributed by atoms with E-state index in [1.165, 1.54) is 12.8 Å². The molecular formula is C11H18O2. The summed E-state index contributed by atoms with van der Waals surface area (Å²) in [5.41, 5.74) is 0.135. The Balaban J connectivity index is 2.28. The van der Waals surface area contributed by atoms with Crippen LogP contribution in [0.2, 0.25) is 0 Å². The van der Waals surface area contributed by atoms with Crippen LogP contribution in [0.15, 0.2) is 0 Å². The summed E-state index contributed by atoms with van der Waals surface area (Å²) in [6.45, 7) is 7.34. The number of hydrogen-bond donors (Lipinski definition) is 0. The van der Waals surface area contributed by atoms with Gasteiger partial charge in [0.1, 0.15) is 0 Å². The summed E-state index contributed by atoms with van der Waals surface area (Å²) in [7, 11) is 0. The van der Waals surface area contributed by atoms with Crippen molar-refractivity contribution in [2.24, 2.45) is 23.2 Å². The molecule has 0 N–H and O–H groups in total. The van der Waals surface area contributed by atoms with Crippen molar-refractivity contribution in [2.45, 2.75) is 33.6 Å². The molecule has 3 unspecified atom stereocenters. The first kappa shape index (κ1) is 9.04. The van der Waals surface area contributed by atoms with E-state index in [2.05, 4.69) is 20.8 Å². The first-order chi connectivity index (χ1) is 6.03. The normalized spacial score (nSPS) is 42.7. The largest absolute Gasteiger partial charge is 0.465 e. The maximum Gasteiger partial charge on any atom is 0.309 e. The second kappa shape index (κ2) is 2.73. The minimum Gasteiger partial charge on any atom is -0.465 e. The van der Waals surface area contributed by atoms with Crippen LogP contribution in [0, 0.1) is 23.2 Å². The molecule has 2 fully saturated rings. The fraction of sp³-hybridized carbons (Fsp3) is 0.909. The minimum absolute atomic E-state index is 0.0431. The Morgan fingerprint density at radius 2 is 2.08 bits per heavy atom. The fourth-order valence-corrected chi connectivity index (χ4v) is 2.87. The average Bonchev–Trinajstić information content (AvgIpc) is 2.41. The van der Waals surface area contributed by atoms with Crippen molar-refractivity contribution in [1.29, 1.82) is 0 Å². The molecule has 13 heavy (non-hydrogen) atoms. The molecule has 0 aromatic heterocycles. The molecule has 74 valence electrons. The van der Waals surface area contributed by atoms with Crippen LogP contribution in [-0.2, 0) is 9.53 Å². The fourth-order valence-electron chi connectivity index (χ4n) is 2.87. The zero-order valence-electron chi connectivity index (χ0n) is 8.67. The molecule has 1 saturated heterocycles. The summed E-state index contributed by atoms with van der Waals surface area (Å²) in [6, 6.07) is 0. The van der Waals surface area contributed by atoms with Gasteiger partial charge in [0.25, 0.3) is 0 Å². The molecule has 3 atom stereocenters. The summed E-state index contributed by atoms with van der Waals surface area (Å²) >= 11 is 0. The number of fused-ring (bicyclic) bond motifs is 1. The third-order valence-electron chi connectivity index (χ3n) is 4.21. The zero-order valence-corrected chi connectivity index (χ0v) is 8.67. The Kier molecular flexibility index (Phi) is 1.90. The number of carbonyl (C=O) groups excluding carboxylic acids is 1. The Bertz CT molecular complexity index is 232. The lowest BCUT2D eigenvalue weighted by Crippen LogP contribution is -2.41. The maximum atomic E-state index is 11.5. The van der Waals surface area contributed by atoms with E-state index in [-0.39, 0.29) is 17.3 Å². The second-order valence-electron chi connectivity index (χ2n) is 5.17. The highest BCUT2D eigenvalue weighted by molar-refractivity contribution is 5.75. The zero-order chi connectivity index (χ0) is 9.64. The molecule has 2 heteroatoms. The van der Waals surface area contributed by atoms with Gasteiger partial charge >= 0.3 is 5.97 Å². The van der Waals surface area contributed by atoms with Crippen molar-refractivity contribution < 1.29 is 9.53 Å². The van der Waals surface area contributed by atoms with Crippen LogP contribution < -0.4 is 0 Å². The van der Waals surface area contributed by atoms with Crippen LogP contribution >= 0.6 is 0 Å². The molecular weight excluding hydrogens is 164 g/mol. The molecule has 1 saturated carbocycles. The van der Waals surface area contributed by atoms with Gasteiger partial charge < -0.3 is 4.74 Å². The first-order valence-corrected chi connectivity index (χ1v) is 5.20. The van der Waals surface area contributed by atoms with Crippen LogP contribution in [0.3, 0.4) is 0 Å². The van der Waals surface area contributed by atoms with Crippen molar-refractivity contribution in [1.82, 2.24) is 0 Å². The molecule has 2 aliphatic rings. The summed E-state index contributed by atoms with van der Waals surface area (Å²) < 4.78 is 5.14. The number of carbonyl (C=O) groups is 1. The van der Waals surface area contributed by atoms with Crippen LogP contribution in [0.5, 0.6) is 0 Å². The van der Waals surface area contributed by atoms with Crippen LogP contribution in [-0.4, -0.2) is 12.6 Å². The number of esters is 1. The smallest absolute Gasteiger partial charge is 0.309 e. The van der Waals surface area contributed by atoms with Gasteiger partial charge in [0.15, 0.2) is 0 Å². The highest BCUT2D eigenvalue weighted by atomic mass is 16.5. The van der Waals surface area contributed by atoms with E-state index in [1.807, 2.05) is 0 Å². The van der Waals surface area contributed by atoms with Gasteiger partial charge in [0, 0.05) is 5.92 Å². The SMILES string of the molecule is CC1CCC2COC(=O)C2C1(C)C. The van der Waals surface area contributed by atoms with Gasteiger partial charge in [-0.05, 0) is 24.2 Å². The van der Waals surface area contributed by atoms with Crippen molar-refractivity contribution in [2.75, 3.05) is 6.61 Å². The number of rotatable bonds is 0. The Hall–Kier alpha value is -0.530. The van der Waals surface area contributed by atoms with Gasteiger partial charge in [-0.2, -0.15) is 0 Å². The van der Waals surface area contributed by atoms with Gasteiger partial charge in [-0.3, -0.25) is 4.79 Å². The lowest BCUT2D eigenvalue weighted by Gasteiger charge is -2.42. The topological polar surface area (TPSA) is 26.3 Å². The van der Waals surface area contributed by atoms with Gasteiger partial charge in [-0.1, -0.05) is 20.8 Å². The standard InChI is InChI=1S/C11H18O2/c1-7-4-5-8-6-13-10(12)9(8)11(7,2)3/h7-9H,4-6H2,1-3H3. The second-order valence-corrected chi connectivity index (χ2v) is 5.17. The Labute approximate surface area is 79.7 Å². The van der Waals surface area contributed by atoms with E-state index in [0.29, 0.717) is 18.4 Å². The van der Waals surface area contributed by atoms with E-state index in [4.69, 9.17) is 4.74 Å². The highest BCUT2D eigenvalue weighted by Crippen LogP contribution is 2.50. The first-order valence-electron chi connectivity index (χ1n) is 5.20. The summed E-state index contributed by atoms with van der Waals surface area (Å²) in [5.74, 6) is 1.34. The lowest BCUT2D eigenvalue weighted by molar-refractivity contribution is -0.146. The van der Waals surface area contributed by atoms with Crippen molar-refractivity contribution in [3.05, 3.63) is 0 Å². The van der Waals surface area contributed by atoms with Crippen molar-refractivity contribution in [3.63, 3.8) is 0 Å². The molecule has 2 nitrogen and oxygen atoms in total. The van der Waals surface area contributed by atoms with Gasteiger partial charge in [0.2, 0.25) is 0 Å². The average molecular weight is 182 g/mol. The molecule has 0 aromatic carbocycles. The number of ether oxygens (including phenoxy) is 1. The van der Waals surface area contributed by atoms with Crippen LogP contribution in [0.25, 0.3) is 0 Å². The quantitative estimate of drug-likeness (QED) is 0.537. The van der Waals surface area contributed by atoms with Crippen molar-refractivity contribution >= 4 is 5.97 Å². The highest BCUT2D eigenvalue weighted by Gasteiger charge is 2.51. The van der Waals surface area contributed by atoms with E-state index in [9.17, 15) is 4.79 Å². The van der Waals surface area contributed by atoms with Crippen LogP contribution in [0.4, 0.5) is 0 Å². The third kappa shape index (κ3) is 1.18. The van der Waals surface area contributed by atoms with Crippen LogP contribution in [0.1, 0.15) is 33.6 Å².